The molecule has 0 bridgehead atoms. The summed E-state index contributed by atoms with van der Waals surface area (Å²) in [5.74, 6) is 1.41. The molecule has 2 saturated carbocycles. The van der Waals surface area contributed by atoms with E-state index < -0.39 is 0 Å². The van der Waals surface area contributed by atoms with E-state index in [0.29, 0.717) is 18.0 Å². The highest BCUT2D eigenvalue weighted by Crippen LogP contribution is 2.29. The molecule has 3 nitrogen and oxygen atoms in total. The Morgan fingerprint density at radius 1 is 1.06 bits per heavy atom. The first kappa shape index (κ1) is 11.7. The van der Waals surface area contributed by atoms with Crippen molar-refractivity contribution >= 4 is 5.96 Å². The number of hydrogen-bond acceptors (Lipinski definition) is 1. The van der Waals surface area contributed by atoms with Gasteiger partial charge in [0.1, 0.15) is 0 Å². The molecular formula is C13H25N3. The first-order valence-corrected chi connectivity index (χ1v) is 6.85. The third-order valence-corrected chi connectivity index (χ3v) is 4.09. The van der Waals surface area contributed by atoms with E-state index in [9.17, 15) is 0 Å². The lowest BCUT2D eigenvalue weighted by Gasteiger charge is -2.31. The maximum Gasteiger partial charge on any atom is 0.189 e. The Morgan fingerprint density at radius 2 is 1.75 bits per heavy atom. The molecule has 2 atom stereocenters. The van der Waals surface area contributed by atoms with Crippen LogP contribution in [0.4, 0.5) is 0 Å². The van der Waals surface area contributed by atoms with Crippen LogP contribution in [0.5, 0.6) is 0 Å². The molecule has 0 radical (unpaired) electrons. The molecule has 0 amide bonds. The number of nitrogens with one attached hydrogen (secondary N) is 1. The van der Waals surface area contributed by atoms with Crippen LogP contribution in [0.2, 0.25) is 0 Å². The van der Waals surface area contributed by atoms with Crippen molar-refractivity contribution in [2.24, 2.45) is 16.6 Å². The van der Waals surface area contributed by atoms with Crippen molar-refractivity contribution in [3.63, 3.8) is 0 Å². The topological polar surface area (TPSA) is 50.4 Å². The van der Waals surface area contributed by atoms with Crippen molar-refractivity contribution in [3.05, 3.63) is 0 Å². The van der Waals surface area contributed by atoms with Gasteiger partial charge in [-0.25, -0.2) is 4.99 Å². The zero-order chi connectivity index (χ0) is 11.4. The van der Waals surface area contributed by atoms with Gasteiger partial charge in [0, 0.05) is 6.04 Å². The van der Waals surface area contributed by atoms with Gasteiger partial charge < -0.3 is 11.1 Å². The Morgan fingerprint density at radius 3 is 2.25 bits per heavy atom. The molecule has 2 aliphatic rings. The SMILES string of the molecule is CC1CCC1N=C(N)NC1CCCCCC1. The number of nitrogens with zero attached hydrogens (tertiary/aromatic N) is 1. The van der Waals surface area contributed by atoms with E-state index in [4.69, 9.17) is 5.73 Å². The number of guanidine groups is 1. The van der Waals surface area contributed by atoms with E-state index in [-0.39, 0.29) is 0 Å². The molecule has 3 heteroatoms. The fourth-order valence-corrected chi connectivity index (χ4v) is 2.69. The number of hydrogen-bond donors (Lipinski definition) is 2. The summed E-state index contributed by atoms with van der Waals surface area (Å²) in [4.78, 5) is 4.57. The van der Waals surface area contributed by atoms with Crippen molar-refractivity contribution in [3.8, 4) is 0 Å². The van der Waals surface area contributed by atoms with Crippen LogP contribution in [0.15, 0.2) is 4.99 Å². The number of aliphatic imine (C=N–C) groups is 1. The molecule has 0 saturated heterocycles. The second-order valence-electron chi connectivity index (χ2n) is 5.47. The molecular weight excluding hydrogens is 198 g/mol. The molecule has 0 aromatic heterocycles. The molecule has 92 valence electrons. The van der Waals surface area contributed by atoms with Gasteiger partial charge in [0.2, 0.25) is 0 Å². The van der Waals surface area contributed by atoms with Crippen LogP contribution in [0.1, 0.15) is 58.3 Å². The van der Waals surface area contributed by atoms with E-state index in [2.05, 4.69) is 17.2 Å². The van der Waals surface area contributed by atoms with Crippen molar-refractivity contribution < 1.29 is 0 Å². The minimum Gasteiger partial charge on any atom is -0.370 e. The lowest BCUT2D eigenvalue weighted by atomic mass is 9.82. The van der Waals surface area contributed by atoms with E-state index in [1.54, 1.807) is 0 Å². The third-order valence-electron chi connectivity index (χ3n) is 4.09. The van der Waals surface area contributed by atoms with Crippen LogP contribution >= 0.6 is 0 Å². The van der Waals surface area contributed by atoms with Crippen LogP contribution in [0, 0.1) is 5.92 Å². The maximum atomic E-state index is 5.97. The number of rotatable bonds is 2. The van der Waals surface area contributed by atoms with Gasteiger partial charge in [0.05, 0.1) is 6.04 Å². The van der Waals surface area contributed by atoms with E-state index in [1.165, 1.54) is 51.4 Å². The van der Waals surface area contributed by atoms with Gasteiger partial charge in [0.25, 0.3) is 0 Å². The minimum absolute atomic E-state index is 0.485. The van der Waals surface area contributed by atoms with Crippen molar-refractivity contribution in [2.45, 2.75) is 70.4 Å². The molecule has 2 fully saturated rings. The van der Waals surface area contributed by atoms with Crippen LogP contribution in [0.3, 0.4) is 0 Å². The Kier molecular flexibility index (Phi) is 4.08. The van der Waals surface area contributed by atoms with Gasteiger partial charge in [-0.2, -0.15) is 0 Å². The Labute approximate surface area is 98.9 Å². The summed E-state index contributed by atoms with van der Waals surface area (Å²) in [6, 6.07) is 1.06. The predicted octanol–water partition coefficient (Wildman–Crippen LogP) is 2.41. The van der Waals surface area contributed by atoms with Crippen LogP contribution < -0.4 is 11.1 Å². The van der Waals surface area contributed by atoms with Gasteiger partial charge in [-0.3, -0.25) is 0 Å². The van der Waals surface area contributed by atoms with Crippen molar-refractivity contribution in [2.75, 3.05) is 0 Å². The quantitative estimate of drug-likeness (QED) is 0.429. The average Bonchev–Trinajstić information content (AvgIpc) is 2.52. The molecule has 0 aromatic carbocycles. The zero-order valence-corrected chi connectivity index (χ0v) is 10.4. The molecule has 0 spiro atoms. The second-order valence-corrected chi connectivity index (χ2v) is 5.47. The standard InChI is InChI=1S/C13H25N3/c1-10-8-9-12(10)16-13(14)15-11-6-4-2-3-5-7-11/h10-12H,2-9H2,1H3,(H3,14,15,16). The largest absolute Gasteiger partial charge is 0.370 e. The highest BCUT2D eigenvalue weighted by atomic mass is 15.1. The summed E-state index contributed by atoms with van der Waals surface area (Å²) < 4.78 is 0. The van der Waals surface area contributed by atoms with Gasteiger partial charge in [-0.15, -0.1) is 0 Å². The average molecular weight is 223 g/mol. The van der Waals surface area contributed by atoms with Gasteiger partial charge in [-0.05, 0) is 31.6 Å². The van der Waals surface area contributed by atoms with Crippen LogP contribution in [-0.2, 0) is 0 Å². The lowest BCUT2D eigenvalue weighted by molar-refractivity contribution is 0.283. The fourth-order valence-electron chi connectivity index (χ4n) is 2.69. The highest BCUT2D eigenvalue weighted by molar-refractivity contribution is 5.78. The molecule has 2 rings (SSSR count). The smallest absolute Gasteiger partial charge is 0.189 e. The van der Waals surface area contributed by atoms with E-state index in [1.807, 2.05) is 0 Å². The van der Waals surface area contributed by atoms with Gasteiger partial charge in [0.15, 0.2) is 5.96 Å². The van der Waals surface area contributed by atoms with Crippen LogP contribution in [0.25, 0.3) is 0 Å². The minimum atomic E-state index is 0.485. The molecule has 0 aliphatic heterocycles. The Bertz CT molecular complexity index is 242. The summed E-state index contributed by atoms with van der Waals surface area (Å²) in [5.41, 5.74) is 5.97. The molecule has 0 aromatic rings. The Balaban J connectivity index is 1.78. The van der Waals surface area contributed by atoms with E-state index >= 15 is 0 Å². The summed E-state index contributed by atoms with van der Waals surface area (Å²) in [6.45, 7) is 2.26. The zero-order valence-electron chi connectivity index (χ0n) is 10.4. The van der Waals surface area contributed by atoms with Gasteiger partial charge in [-0.1, -0.05) is 32.6 Å². The number of nitrogens with two attached hydrogens (primary N) is 1. The molecule has 3 N–H and O–H groups in total. The summed E-state index contributed by atoms with van der Waals surface area (Å²) in [6.07, 6.45) is 10.5. The highest BCUT2D eigenvalue weighted by Gasteiger charge is 2.26. The second kappa shape index (κ2) is 5.55. The molecule has 0 heterocycles. The monoisotopic (exact) mass is 223 g/mol. The summed E-state index contributed by atoms with van der Waals surface area (Å²) in [5, 5.41) is 3.41. The fraction of sp³-hybridized carbons (Fsp3) is 0.923. The Hall–Kier alpha value is -0.730. The van der Waals surface area contributed by atoms with Crippen LogP contribution in [-0.4, -0.2) is 18.0 Å². The molecule has 2 aliphatic carbocycles. The first-order valence-electron chi connectivity index (χ1n) is 6.85. The maximum absolute atomic E-state index is 5.97. The van der Waals surface area contributed by atoms with E-state index in [0.717, 1.165) is 5.92 Å². The summed E-state index contributed by atoms with van der Waals surface area (Å²) >= 11 is 0. The predicted molar refractivity (Wildman–Crippen MR) is 68.4 cm³/mol. The van der Waals surface area contributed by atoms with Crippen molar-refractivity contribution in [1.82, 2.24) is 5.32 Å². The summed E-state index contributed by atoms with van der Waals surface area (Å²) in [7, 11) is 0. The normalized spacial score (nSPS) is 32.9. The lowest BCUT2D eigenvalue weighted by Crippen LogP contribution is -2.42. The first-order chi connectivity index (χ1) is 7.75. The van der Waals surface area contributed by atoms with Gasteiger partial charge >= 0.3 is 0 Å². The molecule has 2 unspecified atom stereocenters. The molecule has 16 heavy (non-hydrogen) atoms. The van der Waals surface area contributed by atoms with Crippen molar-refractivity contribution in [1.29, 1.82) is 0 Å². The third kappa shape index (κ3) is 3.13.